The fraction of sp³-hybridized carbons (Fsp3) is 0.947. The second-order valence-electron chi connectivity index (χ2n) is 47.0. The Kier molecular flexibility index (Phi) is 39.8. The number of hydrogen-bond donors (Lipinski definition) is 0. The minimum Gasteiger partial charge on any atom is -0.459 e. The van der Waals surface area contributed by atoms with E-state index >= 15 is 0 Å². The van der Waals surface area contributed by atoms with Gasteiger partial charge in [0, 0.05) is 35.5 Å². The van der Waals surface area contributed by atoms with Crippen molar-refractivity contribution in [2.75, 3.05) is 0 Å². The molecule has 0 saturated heterocycles. The third-order valence-electron chi connectivity index (χ3n) is 39.7. The van der Waals surface area contributed by atoms with Gasteiger partial charge in [-0.15, -0.1) is 0 Å². The Morgan fingerprint density at radius 3 is 0.944 bits per heavy atom. The highest BCUT2D eigenvalue weighted by molar-refractivity contribution is 5.78. The van der Waals surface area contributed by atoms with E-state index in [0.717, 1.165) is 190 Å². The molecule has 0 aromatic carbocycles. The van der Waals surface area contributed by atoms with Gasteiger partial charge in [0.25, 0.3) is 0 Å². The summed E-state index contributed by atoms with van der Waals surface area (Å²) in [5.74, 6) is 20.5. The maximum absolute atomic E-state index is 12.7. The molecule has 18 aliphatic rings. The van der Waals surface area contributed by atoms with Gasteiger partial charge >= 0.3 is 35.8 Å². The number of ether oxygens (including phenoxy) is 6. The van der Waals surface area contributed by atoms with Crippen molar-refractivity contribution in [3.05, 3.63) is 0 Å². The number of hydrogen-bond acceptors (Lipinski definition) is 12. The van der Waals surface area contributed by atoms with Crippen LogP contribution in [-0.4, -0.2) is 69.4 Å². The van der Waals surface area contributed by atoms with Crippen molar-refractivity contribution in [3.63, 3.8) is 0 Å². The van der Waals surface area contributed by atoms with E-state index in [2.05, 4.69) is 83.1 Å². The van der Waals surface area contributed by atoms with Crippen LogP contribution in [0.5, 0.6) is 0 Å². The highest BCUT2D eigenvalue weighted by atomic mass is 16.6. The van der Waals surface area contributed by atoms with Crippen LogP contribution in [-0.2, 0) is 57.2 Å². The molecular weight excluding hydrogens is 1550 g/mol. The Bertz CT molecular complexity index is 3420. The average molecular weight is 1760 g/mol. The summed E-state index contributed by atoms with van der Waals surface area (Å²) in [7, 11) is 0. The van der Waals surface area contributed by atoms with Gasteiger partial charge in [0.15, 0.2) is 0 Å². The van der Waals surface area contributed by atoms with Crippen LogP contribution in [0.2, 0.25) is 0 Å². The largest absolute Gasteiger partial charge is 0.459 e. The molecule has 18 saturated carbocycles. The molecule has 0 aliphatic heterocycles. The summed E-state index contributed by atoms with van der Waals surface area (Å²) < 4.78 is 36.6. The van der Waals surface area contributed by atoms with Gasteiger partial charge in [-0.3, -0.25) is 28.8 Å². The van der Waals surface area contributed by atoms with Crippen molar-refractivity contribution in [1.82, 2.24) is 0 Å². The molecule has 12 nitrogen and oxygen atoms in total. The molecule has 0 spiro atoms. The first-order chi connectivity index (χ1) is 55.4. The molecule has 0 N–H and O–H groups in total. The van der Waals surface area contributed by atoms with Crippen molar-refractivity contribution in [2.45, 2.75) is 508 Å². The van der Waals surface area contributed by atoms with Gasteiger partial charge in [-0.25, -0.2) is 0 Å². The molecule has 18 rings (SSSR count). The summed E-state index contributed by atoms with van der Waals surface area (Å²) in [5.41, 5.74) is -1.92. The fourth-order valence-corrected chi connectivity index (χ4v) is 31.3. The molecule has 33 unspecified atom stereocenters. The number of rotatable bonds is 20. The molecule has 125 heavy (non-hydrogen) atoms. The van der Waals surface area contributed by atoms with E-state index < -0.39 is 0 Å². The molecule has 33 atom stereocenters. The number of carbonyl (C=O) groups is 6. The lowest BCUT2D eigenvalue weighted by atomic mass is 9.63. The third-order valence-corrected chi connectivity index (χ3v) is 39.7. The van der Waals surface area contributed by atoms with Gasteiger partial charge in [-0.05, 0) is 394 Å². The Morgan fingerprint density at radius 1 is 0.280 bits per heavy atom. The first-order valence-corrected chi connectivity index (χ1v) is 50.8. The van der Waals surface area contributed by atoms with Crippen LogP contribution >= 0.6 is 0 Å². The molecule has 18 aliphatic carbocycles. The van der Waals surface area contributed by atoms with E-state index in [4.69, 9.17) is 28.4 Å². The molecule has 12 bridgehead atoms. The molecule has 12 heteroatoms. The zero-order valence-electron chi connectivity index (χ0n) is 78.7. The maximum atomic E-state index is 12.7. The predicted octanol–water partition coefficient (Wildman–Crippen LogP) is 31.3. The van der Waals surface area contributed by atoms with Crippen molar-refractivity contribution in [3.8, 4) is 0 Å². The van der Waals surface area contributed by atoms with Crippen molar-refractivity contribution in [1.29, 1.82) is 0 Å². The normalized spacial score (nSPS) is 41.5. The quantitative estimate of drug-likeness (QED) is 0.0646. The van der Waals surface area contributed by atoms with E-state index in [0.29, 0.717) is 35.5 Å². The van der Waals surface area contributed by atoms with E-state index in [-0.39, 0.29) is 163 Å². The lowest BCUT2D eigenvalue weighted by Crippen LogP contribution is -2.49. The van der Waals surface area contributed by atoms with E-state index in [1.54, 1.807) is 0 Å². The van der Waals surface area contributed by atoms with Crippen molar-refractivity contribution >= 4 is 35.8 Å². The van der Waals surface area contributed by atoms with Gasteiger partial charge in [-0.1, -0.05) is 187 Å². The summed E-state index contributed by atoms with van der Waals surface area (Å²) in [6.45, 7) is 43.7. The number of fused-ring (bicyclic) bond motifs is 30. The van der Waals surface area contributed by atoms with Crippen LogP contribution < -0.4 is 0 Å². The zero-order chi connectivity index (χ0) is 84.5. The second kappa shape index (κ2) is 44.3. The SMILES string of the molecule is C.C.C.C.C.C.C.C.CCC(C)(C)C(=O)OC1(C)CC2CC1C1CCCC21.CCC(C)(C)C(=O)OC1(C)CCCC2CCCCC21.CCC(C)(C)C(=O)OC1(CC)CC2CC1C1C3CCC(C3)C21.CCC(C)C(=O)OC1(C)CC2CC1C1CCCC21.CCC(C)C(=O)OC1(C)CCCC2CCCCC21.CCC(C)C(=O)OC1(CC)CC2CC1C1C3CCC(C3)C21. The van der Waals surface area contributed by atoms with Crippen LogP contribution in [0.15, 0.2) is 0 Å². The summed E-state index contributed by atoms with van der Waals surface area (Å²) in [5, 5.41) is 0. The Hall–Kier alpha value is -3.18. The third kappa shape index (κ3) is 21.8. The van der Waals surface area contributed by atoms with E-state index in [1.165, 1.54) is 186 Å². The van der Waals surface area contributed by atoms with Crippen LogP contribution in [0.4, 0.5) is 0 Å². The molecule has 0 amide bonds. The van der Waals surface area contributed by atoms with Gasteiger partial charge in [-0.2, -0.15) is 0 Å². The van der Waals surface area contributed by atoms with E-state index in [9.17, 15) is 28.8 Å². The lowest BCUT2D eigenvalue weighted by Gasteiger charge is -2.48. The number of carbonyl (C=O) groups excluding carboxylic acids is 6. The van der Waals surface area contributed by atoms with Crippen LogP contribution in [0.25, 0.3) is 0 Å². The topological polar surface area (TPSA) is 158 Å². The Labute approximate surface area is 772 Å². The maximum Gasteiger partial charge on any atom is 0.312 e. The van der Waals surface area contributed by atoms with Crippen LogP contribution in [0, 0.1) is 176 Å². The van der Waals surface area contributed by atoms with Gasteiger partial charge in [0.1, 0.15) is 33.6 Å². The minimum absolute atomic E-state index is 0. The number of esters is 6. The molecule has 0 heterocycles. The molecule has 730 valence electrons. The van der Waals surface area contributed by atoms with Gasteiger partial charge < -0.3 is 28.4 Å². The monoisotopic (exact) mass is 1760 g/mol. The summed E-state index contributed by atoms with van der Waals surface area (Å²) in [4.78, 5) is 74.1. The average Bonchev–Trinajstić information content (AvgIpc) is 1.53. The highest BCUT2D eigenvalue weighted by Crippen LogP contribution is 2.73. The molecule has 0 radical (unpaired) electrons. The Morgan fingerprint density at radius 2 is 0.576 bits per heavy atom. The van der Waals surface area contributed by atoms with Crippen LogP contribution in [0.3, 0.4) is 0 Å². The molecule has 0 aromatic heterocycles. The van der Waals surface area contributed by atoms with Gasteiger partial charge in [0.05, 0.1) is 34.0 Å². The van der Waals surface area contributed by atoms with Crippen LogP contribution in [0.1, 0.15) is 474 Å². The van der Waals surface area contributed by atoms with Crippen molar-refractivity contribution < 1.29 is 57.2 Å². The second-order valence-corrected chi connectivity index (χ2v) is 47.0. The molecular formula is C113H206O12. The zero-order valence-corrected chi connectivity index (χ0v) is 78.7. The minimum atomic E-state index is -0.343. The Balaban J connectivity index is 0.000000263. The predicted molar refractivity (Wildman–Crippen MR) is 521 cm³/mol. The highest BCUT2D eigenvalue weighted by Gasteiger charge is 2.71. The van der Waals surface area contributed by atoms with Crippen molar-refractivity contribution in [2.24, 2.45) is 176 Å². The smallest absolute Gasteiger partial charge is 0.312 e. The first-order valence-electron chi connectivity index (χ1n) is 50.8. The fourth-order valence-electron chi connectivity index (χ4n) is 31.3. The summed E-state index contributed by atoms with van der Waals surface area (Å²) in [6, 6.07) is 0. The van der Waals surface area contributed by atoms with Gasteiger partial charge in [0.2, 0.25) is 0 Å². The summed E-state index contributed by atoms with van der Waals surface area (Å²) in [6.07, 6.45) is 52.2. The van der Waals surface area contributed by atoms with E-state index in [1.807, 2.05) is 62.3 Å². The first kappa shape index (κ1) is 112. The lowest BCUT2D eigenvalue weighted by molar-refractivity contribution is -0.185. The summed E-state index contributed by atoms with van der Waals surface area (Å²) >= 11 is 0. The molecule has 0 aromatic rings. The molecule has 18 fully saturated rings. The standard InChI is InChI=1S/C20H32O2.C19H30O2.C17H28O2.C17H30O2.C16H26O2.C16H28O2.8CH4/c1-5-19(3,4)18(21)22-20(6-2)11-14-10-15(20)17-13-8-7-12(9-13)16(14)17;1-4-11(3)18(20)21-19(5-2)10-14-9-15(19)17-13-7-6-12(8-13)16(14)17;1-5-16(2,3)15(18)19-17(4)10-11-9-14(17)13-8-6-7-12(11)13;1-5-16(2,3)15(18)19-17(4)12-8-10-13-9-6-7-11-14(13)17;1-4-10(2)15(17)18-16(3)9-11-8-14(16)13-7-5-6-12(11)13;1-4-12(2)15(17)18-16(3)11-7-9-13-8-5-6-10-14(13)16;;;;;;;;/h12-17H,5-11H2,1-4H3;11-17H,4-10H2,1-3H3;11-14H,5-10H2,1-4H3;13-14H,5-12H2,1-4H3;10-14H,4-9H2,1-3H3;12-14H,4-11H2,1-3H3;8*1H4.